The summed E-state index contributed by atoms with van der Waals surface area (Å²) in [6.45, 7) is 7.55. The Morgan fingerprint density at radius 1 is 1.31 bits per heavy atom. The van der Waals surface area contributed by atoms with Crippen molar-refractivity contribution < 1.29 is 0 Å². The number of anilines is 1. The molecule has 0 radical (unpaired) electrons. The van der Waals surface area contributed by atoms with Gasteiger partial charge in [-0.05, 0) is 35.6 Å². The number of benzene rings is 1. The molecule has 0 saturated carbocycles. The molecule has 0 spiro atoms. The van der Waals surface area contributed by atoms with Gasteiger partial charge in [0, 0.05) is 29.8 Å². The summed E-state index contributed by atoms with van der Waals surface area (Å²) >= 11 is 3.50. The van der Waals surface area contributed by atoms with Crippen molar-refractivity contribution in [1.82, 2.24) is 0 Å². The summed E-state index contributed by atoms with van der Waals surface area (Å²) in [4.78, 5) is 2.46. The van der Waals surface area contributed by atoms with Gasteiger partial charge in [-0.1, -0.05) is 29.8 Å². The summed E-state index contributed by atoms with van der Waals surface area (Å²) in [5.74, 6) is 1.54. The molecule has 0 amide bonds. The molecule has 2 atom stereocenters. The third kappa shape index (κ3) is 2.25. The average Bonchev–Trinajstić information content (AvgIpc) is 2.59. The van der Waals surface area contributed by atoms with Gasteiger partial charge in [0.2, 0.25) is 0 Å². The van der Waals surface area contributed by atoms with Crippen LogP contribution >= 0.6 is 15.9 Å². The number of nitrogens with two attached hydrogens (primary N) is 1. The second kappa shape index (κ2) is 4.76. The zero-order valence-electron chi connectivity index (χ0n) is 9.91. The van der Waals surface area contributed by atoms with Crippen LogP contribution in [0.1, 0.15) is 19.4 Å². The number of nitrogens with zero attached hydrogens (tertiary/aromatic N) is 1. The van der Waals surface area contributed by atoms with E-state index in [-0.39, 0.29) is 0 Å². The Balaban J connectivity index is 2.27. The Morgan fingerprint density at radius 2 is 1.94 bits per heavy atom. The van der Waals surface area contributed by atoms with Crippen LogP contribution in [0.15, 0.2) is 22.7 Å². The predicted octanol–water partition coefficient (Wildman–Crippen LogP) is 3.00. The molecule has 3 heteroatoms. The van der Waals surface area contributed by atoms with Gasteiger partial charge in [0.1, 0.15) is 0 Å². The van der Waals surface area contributed by atoms with Gasteiger partial charge in [-0.25, -0.2) is 0 Å². The molecule has 1 aliphatic rings. The maximum atomic E-state index is 5.81. The minimum absolute atomic E-state index is 0.605. The molecule has 2 rings (SSSR count). The summed E-state index contributed by atoms with van der Waals surface area (Å²) in [7, 11) is 0. The first-order valence-electron chi connectivity index (χ1n) is 5.85. The Bertz CT molecular complexity index is 368. The summed E-state index contributed by atoms with van der Waals surface area (Å²) in [5.41, 5.74) is 8.35. The summed E-state index contributed by atoms with van der Waals surface area (Å²) < 4.78 is 1.11. The third-order valence-corrected chi connectivity index (χ3v) is 4.08. The zero-order chi connectivity index (χ0) is 11.7. The number of hydrogen-bond donors (Lipinski definition) is 1. The van der Waals surface area contributed by atoms with Crippen molar-refractivity contribution in [2.75, 3.05) is 18.0 Å². The zero-order valence-corrected chi connectivity index (χ0v) is 11.5. The first kappa shape index (κ1) is 11.9. The topological polar surface area (TPSA) is 29.3 Å². The predicted molar refractivity (Wildman–Crippen MR) is 72.6 cm³/mol. The first-order valence-corrected chi connectivity index (χ1v) is 6.64. The lowest BCUT2D eigenvalue weighted by atomic mass is 10.0. The minimum Gasteiger partial charge on any atom is -0.371 e. The molecular weight excluding hydrogens is 264 g/mol. The lowest BCUT2D eigenvalue weighted by molar-refractivity contribution is 0.494. The molecule has 1 aromatic rings. The van der Waals surface area contributed by atoms with E-state index < -0.39 is 0 Å². The van der Waals surface area contributed by atoms with Crippen molar-refractivity contribution in [2.24, 2.45) is 17.6 Å². The number of rotatable bonds is 2. The summed E-state index contributed by atoms with van der Waals surface area (Å²) in [5, 5.41) is 0. The van der Waals surface area contributed by atoms with Crippen LogP contribution in [0.3, 0.4) is 0 Å². The van der Waals surface area contributed by atoms with Gasteiger partial charge in [0.05, 0.1) is 0 Å². The van der Waals surface area contributed by atoms with Gasteiger partial charge >= 0.3 is 0 Å². The SMILES string of the molecule is CC1CN(c2ccc(Br)cc2CN)CC1C. The van der Waals surface area contributed by atoms with E-state index in [0.717, 1.165) is 29.4 Å². The molecular formula is C13H19BrN2. The maximum Gasteiger partial charge on any atom is 0.0412 e. The standard InChI is InChI=1S/C13H19BrN2/c1-9-7-16(8-10(9)2)13-4-3-12(14)5-11(13)6-15/h3-5,9-10H,6-8,15H2,1-2H3. The van der Waals surface area contributed by atoms with Crippen molar-refractivity contribution >= 4 is 21.6 Å². The Labute approximate surface area is 106 Å². The van der Waals surface area contributed by atoms with Crippen molar-refractivity contribution in [3.05, 3.63) is 28.2 Å². The number of halogens is 1. The highest BCUT2D eigenvalue weighted by atomic mass is 79.9. The minimum atomic E-state index is 0.605. The van der Waals surface area contributed by atoms with E-state index in [9.17, 15) is 0 Å². The largest absolute Gasteiger partial charge is 0.371 e. The lowest BCUT2D eigenvalue weighted by Gasteiger charge is -2.21. The molecule has 2 nitrogen and oxygen atoms in total. The second-order valence-corrected chi connectivity index (χ2v) is 5.75. The van der Waals surface area contributed by atoms with Gasteiger partial charge < -0.3 is 10.6 Å². The van der Waals surface area contributed by atoms with Gasteiger partial charge in [-0.3, -0.25) is 0 Å². The van der Waals surface area contributed by atoms with E-state index >= 15 is 0 Å². The molecule has 2 N–H and O–H groups in total. The molecule has 1 aliphatic heterocycles. The highest BCUT2D eigenvalue weighted by molar-refractivity contribution is 9.10. The molecule has 1 saturated heterocycles. The fourth-order valence-corrected chi connectivity index (χ4v) is 2.76. The Kier molecular flexibility index (Phi) is 3.55. The summed E-state index contributed by atoms with van der Waals surface area (Å²) in [6, 6.07) is 6.40. The Morgan fingerprint density at radius 3 is 2.50 bits per heavy atom. The highest BCUT2D eigenvalue weighted by Gasteiger charge is 2.27. The molecule has 0 aromatic heterocycles. The van der Waals surface area contributed by atoms with Crippen molar-refractivity contribution in [3.63, 3.8) is 0 Å². The fourth-order valence-electron chi connectivity index (χ4n) is 2.35. The highest BCUT2D eigenvalue weighted by Crippen LogP contribution is 2.31. The molecule has 0 aliphatic carbocycles. The van der Waals surface area contributed by atoms with Gasteiger partial charge in [-0.2, -0.15) is 0 Å². The van der Waals surface area contributed by atoms with Gasteiger partial charge in [0.15, 0.2) is 0 Å². The van der Waals surface area contributed by atoms with Crippen LogP contribution in [-0.2, 0) is 6.54 Å². The van der Waals surface area contributed by atoms with Crippen LogP contribution < -0.4 is 10.6 Å². The molecule has 88 valence electrons. The molecule has 16 heavy (non-hydrogen) atoms. The van der Waals surface area contributed by atoms with E-state index in [2.05, 4.69) is 52.9 Å². The van der Waals surface area contributed by atoms with E-state index in [1.807, 2.05) is 0 Å². The number of hydrogen-bond acceptors (Lipinski definition) is 2. The van der Waals surface area contributed by atoms with Crippen molar-refractivity contribution in [2.45, 2.75) is 20.4 Å². The van der Waals surface area contributed by atoms with E-state index in [0.29, 0.717) is 6.54 Å². The van der Waals surface area contributed by atoms with Crippen LogP contribution in [0.25, 0.3) is 0 Å². The Hall–Kier alpha value is -0.540. The smallest absolute Gasteiger partial charge is 0.0412 e. The molecule has 1 aromatic carbocycles. The molecule has 2 unspecified atom stereocenters. The van der Waals surface area contributed by atoms with Crippen LogP contribution in [0.2, 0.25) is 0 Å². The van der Waals surface area contributed by atoms with E-state index in [1.165, 1.54) is 11.3 Å². The molecule has 1 fully saturated rings. The van der Waals surface area contributed by atoms with Crippen molar-refractivity contribution in [1.29, 1.82) is 0 Å². The maximum absolute atomic E-state index is 5.81. The van der Waals surface area contributed by atoms with E-state index in [1.54, 1.807) is 0 Å². The first-order chi connectivity index (χ1) is 7.61. The van der Waals surface area contributed by atoms with Crippen LogP contribution in [0, 0.1) is 11.8 Å². The molecule has 1 heterocycles. The lowest BCUT2D eigenvalue weighted by Crippen LogP contribution is -2.21. The average molecular weight is 283 g/mol. The van der Waals surface area contributed by atoms with Crippen LogP contribution in [0.4, 0.5) is 5.69 Å². The summed E-state index contributed by atoms with van der Waals surface area (Å²) in [6.07, 6.45) is 0. The van der Waals surface area contributed by atoms with Gasteiger partial charge in [0.25, 0.3) is 0 Å². The normalized spacial score (nSPS) is 25.1. The van der Waals surface area contributed by atoms with Gasteiger partial charge in [-0.15, -0.1) is 0 Å². The van der Waals surface area contributed by atoms with Crippen LogP contribution in [-0.4, -0.2) is 13.1 Å². The monoisotopic (exact) mass is 282 g/mol. The third-order valence-electron chi connectivity index (χ3n) is 3.59. The fraction of sp³-hybridized carbons (Fsp3) is 0.538. The molecule has 0 bridgehead atoms. The van der Waals surface area contributed by atoms with Crippen molar-refractivity contribution in [3.8, 4) is 0 Å². The second-order valence-electron chi connectivity index (χ2n) is 4.84. The quantitative estimate of drug-likeness (QED) is 0.904. The van der Waals surface area contributed by atoms with Crippen LogP contribution in [0.5, 0.6) is 0 Å². The van der Waals surface area contributed by atoms with E-state index in [4.69, 9.17) is 5.73 Å².